The van der Waals surface area contributed by atoms with Gasteiger partial charge in [-0.2, -0.15) is 0 Å². The summed E-state index contributed by atoms with van der Waals surface area (Å²) in [6, 6.07) is -0.630. The second kappa shape index (κ2) is 56.9. The SMILES string of the molecule is CCCCCCCC/C=C\CCCCCCCC(=O)OCCCCCCCCCCCCCCCCCCCCCC(=O)NC(CO)C(O)/C=C/CCCCCCCCCCCCCCCC. The zero-order chi connectivity index (χ0) is 48.6. The Labute approximate surface area is 418 Å². The predicted octanol–water partition coefficient (Wildman–Crippen LogP) is 18.6. The molecule has 0 spiro atoms. The van der Waals surface area contributed by atoms with Gasteiger partial charge in [0.05, 0.1) is 25.4 Å². The third kappa shape index (κ3) is 53.5. The molecule has 0 aliphatic heterocycles. The third-order valence-electron chi connectivity index (χ3n) is 14.0. The number of unbranched alkanes of at least 4 members (excludes halogenated alkanes) is 43. The maximum Gasteiger partial charge on any atom is 0.305 e. The summed E-state index contributed by atoms with van der Waals surface area (Å²) in [6.07, 6.45) is 69.2. The highest BCUT2D eigenvalue weighted by Crippen LogP contribution is 2.17. The van der Waals surface area contributed by atoms with E-state index in [4.69, 9.17) is 4.74 Å². The van der Waals surface area contributed by atoms with Gasteiger partial charge in [-0.25, -0.2) is 0 Å². The number of aliphatic hydroxyl groups is 2. The van der Waals surface area contributed by atoms with E-state index in [1.165, 1.54) is 257 Å². The monoisotopic (exact) mass is 944 g/mol. The number of rotatable bonds is 56. The molecule has 6 nitrogen and oxygen atoms in total. The fourth-order valence-electron chi connectivity index (χ4n) is 9.34. The summed E-state index contributed by atoms with van der Waals surface area (Å²) in [5.41, 5.74) is 0. The van der Waals surface area contributed by atoms with Crippen LogP contribution < -0.4 is 5.32 Å². The van der Waals surface area contributed by atoms with Crippen molar-refractivity contribution in [1.29, 1.82) is 0 Å². The summed E-state index contributed by atoms with van der Waals surface area (Å²) in [4.78, 5) is 24.5. The van der Waals surface area contributed by atoms with E-state index in [1.54, 1.807) is 6.08 Å². The van der Waals surface area contributed by atoms with Gasteiger partial charge < -0.3 is 20.3 Å². The second-order valence-corrected chi connectivity index (χ2v) is 20.7. The van der Waals surface area contributed by atoms with Crippen molar-refractivity contribution in [3.63, 3.8) is 0 Å². The first kappa shape index (κ1) is 65.3. The fourth-order valence-corrected chi connectivity index (χ4v) is 9.34. The molecule has 0 aromatic heterocycles. The van der Waals surface area contributed by atoms with Gasteiger partial charge in [-0.3, -0.25) is 9.59 Å². The van der Waals surface area contributed by atoms with Crippen LogP contribution in [0.2, 0.25) is 0 Å². The summed E-state index contributed by atoms with van der Waals surface area (Å²) in [6.45, 7) is 4.91. The predicted molar refractivity (Wildman–Crippen MR) is 292 cm³/mol. The van der Waals surface area contributed by atoms with Crippen molar-refractivity contribution in [3.8, 4) is 0 Å². The van der Waals surface area contributed by atoms with Crippen molar-refractivity contribution in [1.82, 2.24) is 5.32 Å². The Kier molecular flexibility index (Phi) is 55.5. The van der Waals surface area contributed by atoms with Gasteiger partial charge in [0.2, 0.25) is 5.91 Å². The molecule has 0 saturated heterocycles. The van der Waals surface area contributed by atoms with Gasteiger partial charge in [0.25, 0.3) is 0 Å². The van der Waals surface area contributed by atoms with Gasteiger partial charge in [-0.1, -0.05) is 282 Å². The minimum Gasteiger partial charge on any atom is -0.466 e. The lowest BCUT2D eigenvalue weighted by Gasteiger charge is -2.20. The minimum atomic E-state index is -0.846. The second-order valence-electron chi connectivity index (χ2n) is 20.7. The fraction of sp³-hybridized carbons (Fsp3) is 0.902. The summed E-state index contributed by atoms with van der Waals surface area (Å²) in [5.74, 6) is -0.0685. The van der Waals surface area contributed by atoms with E-state index in [1.807, 2.05) is 6.08 Å². The van der Waals surface area contributed by atoms with Crippen molar-refractivity contribution in [2.24, 2.45) is 0 Å². The van der Waals surface area contributed by atoms with Crippen molar-refractivity contribution < 1.29 is 24.5 Å². The Bertz CT molecular complexity index is 1040. The van der Waals surface area contributed by atoms with Gasteiger partial charge in [-0.15, -0.1) is 0 Å². The van der Waals surface area contributed by atoms with Crippen LogP contribution in [0.5, 0.6) is 0 Å². The van der Waals surface area contributed by atoms with E-state index in [0.717, 1.165) is 44.9 Å². The van der Waals surface area contributed by atoms with Crippen LogP contribution in [-0.2, 0) is 14.3 Å². The lowest BCUT2D eigenvalue weighted by atomic mass is 10.0. The zero-order valence-electron chi connectivity index (χ0n) is 45.1. The van der Waals surface area contributed by atoms with Crippen LogP contribution in [0.3, 0.4) is 0 Å². The standard InChI is InChI=1S/C61H117NO5/c1-3-5-7-9-11-13-15-17-19-26-29-33-37-41-45-49-53-59(64)58(57-63)62-60(65)54-50-46-42-38-34-30-27-23-21-20-22-24-28-32-36-40-44-48-52-56-67-61(66)55-51-47-43-39-35-31-25-18-16-14-12-10-8-6-4-2/h18,25,49,53,58-59,63-64H,3-17,19-24,26-48,50-52,54-57H2,1-2H3,(H,62,65)/b25-18-,53-49+. The van der Waals surface area contributed by atoms with Gasteiger partial charge in [0.15, 0.2) is 0 Å². The Morgan fingerprint density at radius 3 is 1.06 bits per heavy atom. The molecule has 0 heterocycles. The van der Waals surface area contributed by atoms with E-state index in [2.05, 4.69) is 31.3 Å². The van der Waals surface area contributed by atoms with Crippen molar-refractivity contribution in [2.75, 3.05) is 13.2 Å². The minimum absolute atomic E-state index is 0.000673. The summed E-state index contributed by atoms with van der Waals surface area (Å²) in [7, 11) is 0. The highest BCUT2D eigenvalue weighted by atomic mass is 16.5. The number of hydrogen-bond acceptors (Lipinski definition) is 5. The Hall–Kier alpha value is -1.66. The van der Waals surface area contributed by atoms with E-state index in [9.17, 15) is 19.8 Å². The van der Waals surface area contributed by atoms with E-state index in [-0.39, 0.29) is 18.5 Å². The molecule has 0 radical (unpaired) electrons. The van der Waals surface area contributed by atoms with Crippen molar-refractivity contribution in [3.05, 3.63) is 24.3 Å². The molecule has 2 unspecified atom stereocenters. The first-order valence-electron chi connectivity index (χ1n) is 30.1. The molecular formula is C61H117NO5. The van der Waals surface area contributed by atoms with Gasteiger partial charge >= 0.3 is 5.97 Å². The van der Waals surface area contributed by atoms with Crippen LogP contribution in [0.15, 0.2) is 24.3 Å². The van der Waals surface area contributed by atoms with Crippen LogP contribution in [-0.4, -0.2) is 47.4 Å². The molecule has 67 heavy (non-hydrogen) atoms. The molecule has 0 aromatic rings. The van der Waals surface area contributed by atoms with Gasteiger partial charge in [0, 0.05) is 12.8 Å². The molecule has 3 N–H and O–H groups in total. The number of nitrogens with one attached hydrogen (secondary N) is 1. The first-order chi connectivity index (χ1) is 33.0. The zero-order valence-corrected chi connectivity index (χ0v) is 45.1. The Morgan fingerprint density at radius 1 is 0.403 bits per heavy atom. The number of carbonyl (C=O) groups excluding carboxylic acids is 2. The normalized spacial score (nSPS) is 12.7. The van der Waals surface area contributed by atoms with Gasteiger partial charge in [0.1, 0.15) is 0 Å². The molecule has 0 bridgehead atoms. The molecule has 6 heteroatoms. The summed E-state index contributed by atoms with van der Waals surface area (Å²) < 4.78 is 5.48. The van der Waals surface area contributed by atoms with Crippen LogP contribution >= 0.6 is 0 Å². The Morgan fingerprint density at radius 2 is 0.701 bits per heavy atom. The molecule has 1 amide bonds. The average Bonchev–Trinajstić information content (AvgIpc) is 3.33. The first-order valence-corrected chi connectivity index (χ1v) is 30.1. The third-order valence-corrected chi connectivity index (χ3v) is 14.0. The lowest BCUT2D eigenvalue weighted by Crippen LogP contribution is -2.45. The van der Waals surface area contributed by atoms with E-state index < -0.39 is 12.1 Å². The molecule has 0 fully saturated rings. The number of allylic oxidation sites excluding steroid dienone is 3. The average molecular weight is 945 g/mol. The number of carbonyl (C=O) groups is 2. The quantitative estimate of drug-likeness (QED) is 0.0321. The highest BCUT2D eigenvalue weighted by Gasteiger charge is 2.18. The van der Waals surface area contributed by atoms with E-state index >= 15 is 0 Å². The summed E-state index contributed by atoms with van der Waals surface area (Å²) >= 11 is 0. The number of aliphatic hydroxyl groups excluding tert-OH is 2. The molecular weight excluding hydrogens is 827 g/mol. The molecule has 0 aliphatic carbocycles. The smallest absolute Gasteiger partial charge is 0.305 e. The molecule has 0 aliphatic rings. The van der Waals surface area contributed by atoms with Crippen molar-refractivity contribution >= 4 is 11.9 Å². The van der Waals surface area contributed by atoms with Gasteiger partial charge in [-0.05, 0) is 57.8 Å². The lowest BCUT2D eigenvalue weighted by molar-refractivity contribution is -0.143. The van der Waals surface area contributed by atoms with Crippen LogP contribution in [0, 0.1) is 0 Å². The Balaban J connectivity index is 3.42. The number of esters is 1. The number of hydrogen-bond donors (Lipinski definition) is 3. The van der Waals surface area contributed by atoms with Crippen LogP contribution in [0.25, 0.3) is 0 Å². The van der Waals surface area contributed by atoms with Crippen LogP contribution in [0.4, 0.5) is 0 Å². The molecule has 2 atom stereocenters. The molecule has 0 rings (SSSR count). The number of amides is 1. The maximum atomic E-state index is 12.5. The molecule has 0 saturated carbocycles. The molecule has 0 aromatic carbocycles. The molecule has 396 valence electrons. The summed E-state index contributed by atoms with van der Waals surface area (Å²) in [5, 5.41) is 23.1. The number of ether oxygens (including phenoxy) is 1. The topological polar surface area (TPSA) is 95.9 Å². The largest absolute Gasteiger partial charge is 0.466 e. The highest BCUT2D eigenvalue weighted by molar-refractivity contribution is 5.76. The van der Waals surface area contributed by atoms with Crippen LogP contribution in [0.1, 0.15) is 328 Å². The van der Waals surface area contributed by atoms with E-state index in [0.29, 0.717) is 19.4 Å². The maximum absolute atomic E-state index is 12.5. The van der Waals surface area contributed by atoms with Crippen molar-refractivity contribution in [2.45, 2.75) is 341 Å².